The molecule has 1 atom stereocenters. The van der Waals surface area contributed by atoms with Crippen LogP contribution in [0.25, 0.3) is 0 Å². The van der Waals surface area contributed by atoms with Gasteiger partial charge in [0.25, 0.3) is 0 Å². The molecule has 5 heteroatoms. The number of rotatable bonds is 6. The second-order valence-corrected chi connectivity index (χ2v) is 3.68. The molecule has 0 bridgehead atoms. The van der Waals surface area contributed by atoms with Gasteiger partial charge in [0.1, 0.15) is 6.04 Å². The zero-order chi connectivity index (χ0) is 10.4. The highest BCUT2D eigenvalue weighted by Gasteiger charge is 2.10. The number of carboxylic acids is 1. The van der Waals surface area contributed by atoms with E-state index in [-0.39, 0.29) is 6.61 Å². The van der Waals surface area contributed by atoms with Gasteiger partial charge in [-0.25, -0.2) is 0 Å². The summed E-state index contributed by atoms with van der Waals surface area (Å²) in [6.45, 7) is 0.581. The van der Waals surface area contributed by atoms with Crippen molar-refractivity contribution in [3.05, 3.63) is 22.4 Å². The Balaban J connectivity index is 2.08. The van der Waals surface area contributed by atoms with Crippen LogP contribution in [0.5, 0.6) is 0 Å². The molecule has 0 radical (unpaired) electrons. The molecule has 0 saturated carbocycles. The van der Waals surface area contributed by atoms with Crippen molar-refractivity contribution in [2.75, 3.05) is 13.2 Å². The highest BCUT2D eigenvalue weighted by Crippen LogP contribution is 2.06. The monoisotopic (exact) mass is 215 g/mol. The van der Waals surface area contributed by atoms with E-state index in [0.29, 0.717) is 6.61 Å². The first-order chi connectivity index (χ1) is 6.70. The summed E-state index contributed by atoms with van der Waals surface area (Å²) >= 11 is 1.63. The number of carbonyl (C=O) groups is 1. The molecule has 1 aromatic rings. The second-order valence-electron chi connectivity index (χ2n) is 2.90. The molecule has 0 aromatic carbocycles. The van der Waals surface area contributed by atoms with Crippen LogP contribution in [0.3, 0.4) is 0 Å². The molecule has 1 rings (SSSR count). The Morgan fingerprint density at radius 2 is 2.50 bits per heavy atom. The fourth-order valence-electron chi connectivity index (χ4n) is 0.907. The summed E-state index contributed by atoms with van der Waals surface area (Å²) in [5.41, 5.74) is 6.46. The van der Waals surface area contributed by atoms with Gasteiger partial charge in [-0.1, -0.05) is 0 Å². The summed E-state index contributed by atoms with van der Waals surface area (Å²) in [6, 6.07) is 1.10. The minimum atomic E-state index is -1.03. The van der Waals surface area contributed by atoms with Crippen LogP contribution in [0.2, 0.25) is 0 Å². The SMILES string of the molecule is N[C@@H](COCCc1ccsc1)C(=O)O. The largest absolute Gasteiger partial charge is 0.480 e. The van der Waals surface area contributed by atoms with Gasteiger partial charge in [-0.15, -0.1) is 0 Å². The van der Waals surface area contributed by atoms with Gasteiger partial charge < -0.3 is 15.6 Å². The topological polar surface area (TPSA) is 72.5 Å². The van der Waals surface area contributed by atoms with Crippen LogP contribution in [0.4, 0.5) is 0 Å². The highest BCUT2D eigenvalue weighted by atomic mass is 32.1. The minimum Gasteiger partial charge on any atom is -0.480 e. The molecule has 1 heterocycles. The predicted octanol–water partition coefficient (Wildman–Crippen LogP) is 0.719. The van der Waals surface area contributed by atoms with Crippen LogP contribution in [-0.2, 0) is 16.0 Å². The third-order valence-electron chi connectivity index (χ3n) is 1.73. The summed E-state index contributed by atoms with van der Waals surface area (Å²) < 4.78 is 5.13. The van der Waals surface area contributed by atoms with Crippen molar-refractivity contribution in [1.82, 2.24) is 0 Å². The van der Waals surface area contributed by atoms with Gasteiger partial charge in [0.05, 0.1) is 13.2 Å². The summed E-state index contributed by atoms with van der Waals surface area (Å²) in [5, 5.41) is 12.5. The van der Waals surface area contributed by atoms with Gasteiger partial charge >= 0.3 is 5.97 Å². The Kier molecular flexibility index (Phi) is 4.58. The molecule has 0 aliphatic heterocycles. The molecule has 4 nitrogen and oxygen atoms in total. The van der Waals surface area contributed by atoms with Crippen molar-refractivity contribution >= 4 is 17.3 Å². The van der Waals surface area contributed by atoms with E-state index in [1.165, 1.54) is 5.56 Å². The van der Waals surface area contributed by atoms with E-state index in [1.54, 1.807) is 11.3 Å². The fraction of sp³-hybridized carbons (Fsp3) is 0.444. The average Bonchev–Trinajstić information content (AvgIpc) is 2.64. The maximum atomic E-state index is 10.3. The van der Waals surface area contributed by atoms with E-state index in [0.717, 1.165) is 6.42 Å². The van der Waals surface area contributed by atoms with Crippen LogP contribution in [-0.4, -0.2) is 30.3 Å². The minimum absolute atomic E-state index is 0.0689. The van der Waals surface area contributed by atoms with E-state index < -0.39 is 12.0 Å². The van der Waals surface area contributed by atoms with E-state index >= 15 is 0 Å². The Labute approximate surface area is 86.3 Å². The Morgan fingerprint density at radius 3 is 3.07 bits per heavy atom. The maximum absolute atomic E-state index is 10.3. The Morgan fingerprint density at radius 1 is 1.71 bits per heavy atom. The van der Waals surface area contributed by atoms with Crippen LogP contribution in [0.15, 0.2) is 16.8 Å². The standard InChI is InChI=1S/C9H13NO3S/c10-8(9(11)12)5-13-3-1-7-2-4-14-6-7/h2,4,6,8H,1,3,5,10H2,(H,11,12)/t8-/m0/s1. The number of thiophene rings is 1. The number of nitrogens with two attached hydrogens (primary N) is 1. The van der Waals surface area contributed by atoms with Crippen molar-refractivity contribution in [2.24, 2.45) is 5.73 Å². The molecule has 0 saturated heterocycles. The van der Waals surface area contributed by atoms with Crippen molar-refractivity contribution in [2.45, 2.75) is 12.5 Å². The van der Waals surface area contributed by atoms with Crippen LogP contribution < -0.4 is 5.73 Å². The quantitative estimate of drug-likeness (QED) is 0.686. The molecular weight excluding hydrogens is 202 g/mol. The van der Waals surface area contributed by atoms with Crippen LogP contribution in [0, 0.1) is 0 Å². The number of hydrogen-bond donors (Lipinski definition) is 2. The molecule has 78 valence electrons. The molecule has 0 unspecified atom stereocenters. The number of carboxylic acid groups (broad SMARTS) is 1. The summed E-state index contributed by atoms with van der Waals surface area (Å²) in [6.07, 6.45) is 0.801. The zero-order valence-electron chi connectivity index (χ0n) is 7.68. The van der Waals surface area contributed by atoms with Gasteiger partial charge in [-0.2, -0.15) is 11.3 Å². The maximum Gasteiger partial charge on any atom is 0.322 e. The Bertz CT molecular complexity index is 274. The lowest BCUT2D eigenvalue weighted by molar-refractivity contribution is -0.139. The first-order valence-electron chi connectivity index (χ1n) is 4.27. The first kappa shape index (κ1) is 11.2. The first-order valence-corrected chi connectivity index (χ1v) is 5.21. The highest BCUT2D eigenvalue weighted by molar-refractivity contribution is 7.07. The zero-order valence-corrected chi connectivity index (χ0v) is 8.50. The number of aliphatic carboxylic acids is 1. The molecule has 0 spiro atoms. The summed E-state index contributed by atoms with van der Waals surface area (Å²) in [4.78, 5) is 10.3. The van der Waals surface area contributed by atoms with Gasteiger partial charge in [0, 0.05) is 0 Å². The molecule has 0 fully saturated rings. The summed E-state index contributed by atoms with van der Waals surface area (Å²) in [7, 11) is 0. The molecule has 0 aliphatic carbocycles. The van der Waals surface area contributed by atoms with Crippen LogP contribution in [0.1, 0.15) is 5.56 Å². The Hall–Kier alpha value is -0.910. The van der Waals surface area contributed by atoms with E-state index in [4.69, 9.17) is 15.6 Å². The summed E-state index contributed by atoms with van der Waals surface area (Å²) in [5.74, 6) is -1.03. The van der Waals surface area contributed by atoms with E-state index in [2.05, 4.69) is 0 Å². The molecule has 0 amide bonds. The molecule has 3 N–H and O–H groups in total. The normalized spacial score (nSPS) is 12.6. The van der Waals surface area contributed by atoms with Crippen molar-refractivity contribution in [3.63, 3.8) is 0 Å². The molecular formula is C9H13NO3S. The third kappa shape index (κ3) is 3.87. The average molecular weight is 215 g/mol. The molecule has 14 heavy (non-hydrogen) atoms. The third-order valence-corrected chi connectivity index (χ3v) is 2.46. The smallest absolute Gasteiger partial charge is 0.322 e. The lowest BCUT2D eigenvalue weighted by Crippen LogP contribution is -2.35. The van der Waals surface area contributed by atoms with Crippen molar-refractivity contribution in [1.29, 1.82) is 0 Å². The van der Waals surface area contributed by atoms with Gasteiger partial charge in [0.2, 0.25) is 0 Å². The lowest BCUT2D eigenvalue weighted by Gasteiger charge is -2.06. The van der Waals surface area contributed by atoms with Crippen molar-refractivity contribution in [3.8, 4) is 0 Å². The van der Waals surface area contributed by atoms with Gasteiger partial charge in [-0.05, 0) is 28.8 Å². The fourth-order valence-corrected chi connectivity index (χ4v) is 1.61. The second kappa shape index (κ2) is 5.74. The van der Waals surface area contributed by atoms with E-state index in [9.17, 15) is 4.79 Å². The number of hydrogen-bond acceptors (Lipinski definition) is 4. The van der Waals surface area contributed by atoms with E-state index in [1.807, 2.05) is 16.8 Å². The molecule has 1 aromatic heterocycles. The van der Waals surface area contributed by atoms with Gasteiger partial charge in [0.15, 0.2) is 0 Å². The number of ether oxygens (including phenoxy) is 1. The lowest BCUT2D eigenvalue weighted by atomic mass is 10.2. The van der Waals surface area contributed by atoms with Gasteiger partial charge in [-0.3, -0.25) is 4.79 Å². The van der Waals surface area contributed by atoms with Crippen LogP contribution >= 0.6 is 11.3 Å². The molecule has 0 aliphatic rings. The predicted molar refractivity (Wildman–Crippen MR) is 54.5 cm³/mol. The van der Waals surface area contributed by atoms with Crippen molar-refractivity contribution < 1.29 is 14.6 Å².